The smallest absolute Gasteiger partial charge is 0.254 e. The lowest BCUT2D eigenvalue weighted by Crippen LogP contribution is -2.13. The van der Waals surface area contributed by atoms with Crippen molar-refractivity contribution in [3.8, 4) is 22.9 Å². The van der Waals surface area contributed by atoms with Gasteiger partial charge in [-0.2, -0.15) is 5.10 Å². The van der Waals surface area contributed by atoms with Gasteiger partial charge in [0.1, 0.15) is 11.3 Å². The highest BCUT2D eigenvalue weighted by Crippen LogP contribution is 2.28. The summed E-state index contributed by atoms with van der Waals surface area (Å²) in [4.78, 5) is 15.5. The van der Waals surface area contributed by atoms with E-state index in [2.05, 4.69) is 29.0 Å². The Hall–Kier alpha value is -3.06. The summed E-state index contributed by atoms with van der Waals surface area (Å²) in [6.45, 7) is 4.36. The number of carbonyl (C=O) groups is 1. The molecule has 0 fully saturated rings. The van der Waals surface area contributed by atoms with Crippen LogP contribution in [0.2, 0.25) is 5.02 Å². The number of nitrogen functional groups attached to an aromatic ring is 1. The quantitative estimate of drug-likeness (QED) is 0.599. The predicted octanol–water partition coefficient (Wildman–Crippen LogP) is 4.40. The number of amides is 1. The summed E-state index contributed by atoms with van der Waals surface area (Å²) in [5, 5.41) is 7.05. The van der Waals surface area contributed by atoms with Crippen molar-refractivity contribution >= 4 is 23.3 Å². The van der Waals surface area contributed by atoms with Gasteiger partial charge in [-0.15, -0.1) is 0 Å². The number of hydrogen-bond donors (Lipinski definition) is 3. The van der Waals surface area contributed by atoms with E-state index in [-0.39, 0.29) is 11.4 Å². The van der Waals surface area contributed by atoms with Gasteiger partial charge >= 0.3 is 0 Å². The number of primary amides is 1. The number of carbonyl (C=O) groups excluding carboxylic acids is 1. The zero-order valence-electron chi connectivity index (χ0n) is 15.2. The van der Waals surface area contributed by atoms with Crippen molar-refractivity contribution in [1.29, 1.82) is 0 Å². The van der Waals surface area contributed by atoms with Gasteiger partial charge in [0, 0.05) is 17.8 Å². The second kappa shape index (κ2) is 9.59. The summed E-state index contributed by atoms with van der Waals surface area (Å²) < 4.78 is 5.60. The molecule has 0 bridgehead atoms. The normalized spacial score (nSPS) is 10.0. The van der Waals surface area contributed by atoms with Crippen molar-refractivity contribution < 1.29 is 9.53 Å². The first kappa shape index (κ1) is 20.3. The molecule has 1 amide bonds. The van der Waals surface area contributed by atoms with E-state index < -0.39 is 5.91 Å². The molecule has 0 aliphatic rings. The van der Waals surface area contributed by atoms with Gasteiger partial charge in [0.2, 0.25) is 5.88 Å². The molecule has 0 atom stereocenters. The van der Waals surface area contributed by atoms with Crippen LogP contribution < -0.4 is 16.2 Å². The van der Waals surface area contributed by atoms with E-state index in [0.29, 0.717) is 27.9 Å². The van der Waals surface area contributed by atoms with Crippen molar-refractivity contribution in [3.05, 3.63) is 53.2 Å². The lowest BCUT2D eigenvalue weighted by molar-refractivity contribution is 0.100. The summed E-state index contributed by atoms with van der Waals surface area (Å²) in [6, 6.07) is 10.3. The molecule has 2 heterocycles. The molecule has 0 aliphatic carbocycles. The van der Waals surface area contributed by atoms with Gasteiger partial charge in [-0.1, -0.05) is 38.3 Å². The molecular formula is C19H22ClN5O2. The molecule has 0 aliphatic heterocycles. The number of nitrogens with zero attached hydrogens (tertiary/aromatic N) is 2. The molecule has 0 radical (unpaired) electrons. The number of anilines is 1. The van der Waals surface area contributed by atoms with Gasteiger partial charge in [0.25, 0.3) is 5.91 Å². The average molecular weight is 388 g/mol. The van der Waals surface area contributed by atoms with Crippen molar-refractivity contribution in [2.45, 2.75) is 26.7 Å². The highest BCUT2D eigenvalue weighted by atomic mass is 35.5. The van der Waals surface area contributed by atoms with E-state index in [4.69, 9.17) is 27.8 Å². The van der Waals surface area contributed by atoms with Gasteiger partial charge in [-0.3, -0.25) is 9.89 Å². The Labute approximate surface area is 162 Å². The van der Waals surface area contributed by atoms with Crippen LogP contribution >= 0.6 is 11.6 Å². The number of benzene rings is 1. The van der Waals surface area contributed by atoms with E-state index in [0.717, 1.165) is 0 Å². The average Bonchev–Trinajstić information content (AvgIpc) is 3.06. The van der Waals surface area contributed by atoms with Crippen molar-refractivity contribution in [2.75, 3.05) is 5.73 Å². The van der Waals surface area contributed by atoms with Crippen LogP contribution in [0.4, 0.5) is 5.82 Å². The number of unbranched alkanes of at least 4 members (excludes halogenated alkanes) is 1. The highest BCUT2D eigenvalue weighted by Gasteiger charge is 2.17. The van der Waals surface area contributed by atoms with Crippen LogP contribution in [-0.2, 0) is 0 Å². The van der Waals surface area contributed by atoms with E-state index in [9.17, 15) is 4.79 Å². The minimum atomic E-state index is -0.642. The van der Waals surface area contributed by atoms with E-state index >= 15 is 0 Å². The number of nitrogens with one attached hydrogen (secondary N) is 1. The Morgan fingerprint density at radius 2 is 1.81 bits per heavy atom. The van der Waals surface area contributed by atoms with Crippen LogP contribution in [0.5, 0.6) is 11.6 Å². The number of rotatable bonds is 5. The van der Waals surface area contributed by atoms with Gasteiger partial charge in [-0.05, 0) is 30.3 Å². The second-order valence-corrected chi connectivity index (χ2v) is 6.10. The maximum atomic E-state index is 11.5. The Kier molecular flexibility index (Phi) is 7.19. The van der Waals surface area contributed by atoms with Crippen LogP contribution in [0.25, 0.3) is 11.3 Å². The first-order valence-electron chi connectivity index (χ1n) is 8.49. The Morgan fingerprint density at radius 3 is 2.33 bits per heavy atom. The molecular weight excluding hydrogens is 366 g/mol. The largest absolute Gasteiger partial charge is 0.439 e. The minimum absolute atomic E-state index is 0.0678. The van der Waals surface area contributed by atoms with Crippen LogP contribution in [0.15, 0.2) is 42.6 Å². The van der Waals surface area contributed by atoms with Crippen molar-refractivity contribution in [3.63, 3.8) is 0 Å². The van der Waals surface area contributed by atoms with Crippen molar-refractivity contribution in [1.82, 2.24) is 15.2 Å². The van der Waals surface area contributed by atoms with E-state index in [1.54, 1.807) is 36.4 Å². The number of halogens is 1. The zero-order chi connectivity index (χ0) is 19.8. The molecule has 2 aromatic heterocycles. The van der Waals surface area contributed by atoms with E-state index in [1.807, 2.05) is 0 Å². The molecule has 5 N–H and O–H groups in total. The van der Waals surface area contributed by atoms with Crippen LogP contribution in [-0.4, -0.2) is 21.1 Å². The lowest BCUT2D eigenvalue weighted by Gasteiger charge is -2.06. The SMILES string of the molecule is CCCC.NC(=O)c1c(N)n[nH]c1-c1ccc(Oc2ccc(Cl)cn2)cc1. The molecule has 0 saturated heterocycles. The third-order valence-electron chi connectivity index (χ3n) is 3.61. The Balaban J connectivity index is 0.000000596. The van der Waals surface area contributed by atoms with Crippen LogP contribution in [0, 0.1) is 0 Å². The maximum Gasteiger partial charge on any atom is 0.254 e. The van der Waals surface area contributed by atoms with Gasteiger partial charge in [0.05, 0.1) is 10.7 Å². The van der Waals surface area contributed by atoms with Crippen LogP contribution in [0.3, 0.4) is 0 Å². The number of ether oxygens (including phenoxy) is 1. The molecule has 8 heteroatoms. The predicted molar refractivity (Wildman–Crippen MR) is 107 cm³/mol. The number of aromatic amines is 1. The molecule has 7 nitrogen and oxygen atoms in total. The first-order valence-corrected chi connectivity index (χ1v) is 8.87. The standard InChI is InChI=1S/C15H12ClN5O2.C4H10/c16-9-3-6-11(19-7-9)23-10-4-1-8(2-5-10)13-12(15(18)22)14(17)21-20-13;1-3-4-2/h1-7H,(H2,18,22)(H3,17,20,21);3-4H2,1-2H3. The molecule has 3 rings (SSSR count). The zero-order valence-corrected chi connectivity index (χ0v) is 16.0. The van der Waals surface area contributed by atoms with Gasteiger partial charge < -0.3 is 16.2 Å². The highest BCUT2D eigenvalue weighted by molar-refractivity contribution is 6.30. The molecule has 1 aromatic carbocycles. The van der Waals surface area contributed by atoms with Gasteiger partial charge in [-0.25, -0.2) is 4.98 Å². The molecule has 0 unspecified atom stereocenters. The number of pyridine rings is 1. The molecule has 3 aromatic rings. The maximum absolute atomic E-state index is 11.5. The fraction of sp³-hybridized carbons (Fsp3) is 0.211. The summed E-state index contributed by atoms with van der Waals surface area (Å²) in [5.41, 5.74) is 12.3. The second-order valence-electron chi connectivity index (χ2n) is 5.66. The summed E-state index contributed by atoms with van der Waals surface area (Å²) in [5.74, 6) is 0.428. The Bertz CT molecular complexity index is 874. The molecule has 0 saturated carbocycles. The van der Waals surface area contributed by atoms with Crippen molar-refractivity contribution in [2.24, 2.45) is 5.73 Å². The summed E-state index contributed by atoms with van der Waals surface area (Å²) in [7, 11) is 0. The Morgan fingerprint density at radius 1 is 1.15 bits per heavy atom. The molecule has 142 valence electrons. The topological polar surface area (TPSA) is 120 Å². The number of H-pyrrole nitrogens is 1. The third kappa shape index (κ3) is 5.46. The minimum Gasteiger partial charge on any atom is -0.439 e. The number of aromatic nitrogens is 3. The monoisotopic (exact) mass is 387 g/mol. The summed E-state index contributed by atoms with van der Waals surface area (Å²) >= 11 is 5.77. The van der Waals surface area contributed by atoms with E-state index in [1.165, 1.54) is 19.0 Å². The molecule has 0 spiro atoms. The molecule has 27 heavy (non-hydrogen) atoms. The fourth-order valence-corrected chi connectivity index (χ4v) is 2.16. The summed E-state index contributed by atoms with van der Waals surface area (Å²) in [6.07, 6.45) is 4.14. The van der Waals surface area contributed by atoms with Gasteiger partial charge in [0.15, 0.2) is 5.82 Å². The number of nitrogens with two attached hydrogens (primary N) is 2. The lowest BCUT2D eigenvalue weighted by atomic mass is 10.1. The van der Waals surface area contributed by atoms with Crippen LogP contribution in [0.1, 0.15) is 37.0 Å². The first-order chi connectivity index (χ1) is 13.0. The fourth-order valence-electron chi connectivity index (χ4n) is 2.05. The third-order valence-corrected chi connectivity index (χ3v) is 3.83. The number of hydrogen-bond acceptors (Lipinski definition) is 5.